The zero-order valence-corrected chi connectivity index (χ0v) is 7.40. The number of hydrogen-bond acceptors (Lipinski definition) is 3. The lowest BCUT2D eigenvalue weighted by molar-refractivity contribution is -0.419. The fourth-order valence-electron chi connectivity index (χ4n) is 1.85. The number of ether oxygens (including phenoxy) is 1. The van der Waals surface area contributed by atoms with Crippen LogP contribution in [0.3, 0.4) is 0 Å². The molecule has 4 nitrogen and oxygen atoms in total. The molecule has 1 fully saturated rings. The number of nitro groups is 1. The fraction of sp³-hybridized carbons (Fsp3) is 0.556. The van der Waals surface area contributed by atoms with Gasteiger partial charge in [-0.05, 0) is 25.8 Å². The van der Waals surface area contributed by atoms with Crippen LogP contribution in [0.4, 0.5) is 0 Å². The first-order valence-corrected chi connectivity index (χ1v) is 4.39. The third-order valence-corrected chi connectivity index (χ3v) is 2.47. The zero-order valence-electron chi connectivity index (χ0n) is 7.40. The van der Waals surface area contributed by atoms with Crippen LogP contribution in [-0.4, -0.2) is 11.0 Å². The smallest absolute Gasteiger partial charge is 0.268 e. The van der Waals surface area contributed by atoms with Gasteiger partial charge >= 0.3 is 0 Å². The van der Waals surface area contributed by atoms with Gasteiger partial charge in [-0.25, -0.2) is 0 Å². The lowest BCUT2D eigenvalue weighted by Crippen LogP contribution is -2.06. The highest BCUT2D eigenvalue weighted by Gasteiger charge is 2.32. The summed E-state index contributed by atoms with van der Waals surface area (Å²) in [6.45, 7) is 1.99. The first-order valence-electron chi connectivity index (χ1n) is 4.39. The van der Waals surface area contributed by atoms with E-state index in [0.29, 0.717) is 5.92 Å². The van der Waals surface area contributed by atoms with E-state index in [-0.39, 0.29) is 16.7 Å². The highest BCUT2D eigenvalue weighted by atomic mass is 16.6. The molecular weight excluding hydrogens is 170 g/mol. The number of fused-ring (bicyclic) bond motifs is 1. The number of rotatable bonds is 1. The van der Waals surface area contributed by atoms with Crippen LogP contribution in [0.15, 0.2) is 23.6 Å². The minimum Gasteiger partial charge on any atom is -0.494 e. The van der Waals surface area contributed by atoms with E-state index in [2.05, 4.69) is 0 Å². The van der Waals surface area contributed by atoms with Gasteiger partial charge in [-0.15, -0.1) is 0 Å². The van der Waals surface area contributed by atoms with E-state index in [1.54, 1.807) is 12.2 Å². The van der Waals surface area contributed by atoms with Gasteiger partial charge in [0.1, 0.15) is 5.76 Å². The van der Waals surface area contributed by atoms with Crippen molar-refractivity contribution >= 4 is 0 Å². The Balaban J connectivity index is 2.20. The lowest BCUT2D eigenvalue weighted by atomic mass is 9.95. The second kappa shape index (κ2) is 2.87. The molecular formula is C9H11NO3. The van der Waals surface area contributed by atoms with Gasteiger partial charge in [-0.2, -0.15) is 0 Å². The molecule has 0 spiro atoms. The Hall–Kier alpha value is -1.32. The van der Waals surface area contributed by atoms with E-state index in [1.165, 1.54) is 0 Å². The summed E-state index contributed by atoms with van der Waals surface area (Å²) < 4.78 is 5.46. The van der Waals surface area contributed by atoms with E-state index in [0.717, 1.165) is 18.6 Å². The van der Waals surface area contributed by atoms with Gasteiger partial charge in [0.05, 0.1) is 17.1 Å². The van der Waals surface area contributed by atoms with Gasteiger partial charge < -0.3 is 4.74 Å². The van der Waals surface area contributed by atoms with Crippen LogP contribution in [0, 0.1) is 16.0 Å². The van der Waals surface area contributed by atoms with Gasteiger partial charge in [0, 0.05) is 5.92 Å². The Morgan fingerprint density at radius 3 is 3.15 bits per heavy atom. The molecule has 1 aliphatic heterocycles. The zero-order chi connectivity index (χ0) is 9.42. The molecule has 0 aromatic rings. The fourth-order valence-corrected chi connectivity index (χ4v) is 1.85. The van der Waals surface area contributed by atoms with Gasteiger partial charge in [0.2, 0.25) is 0 Å². The van der Waals surface area contributed by atoms with Gasteiger partial charge in [-0.3, -0.25) is 10.1 Å². The van der Waals surface area contributed by atoms with Crippen LogP contribution in [-0.2, 0) is 4.74 Å². The average molecular weight is 181 g/mol. The lowest BCUT2D eigenvalue weighted by Gasteiger charge is -2.10. The SMILES string of the molecule is CC1CC2CC=C([N+](=O)[O-])C=C2O1. The maximum Gasteiger partial charge on any atom is 0.268 e. The Morgan fingerprint density at radius 1 is 1.69 bits per heavy atom. The molecule has 2 unspecified atom stereocenters. The van der Waals surface area contributed by atoms with Crippen LogP contribution >= 0.6 is 0 Å². The molecule has 2 rings (SSSR count). The molecule has 13 heavy (non-hydrogen) atoms. The number of hydrogen-bond donors (Lipinski definition) is 0. The van der Waals surface area contributed by atoms with E-state index >= 15 is 0 Å². The van der Waals surface area contributed by atoms with E-state index in [4.69, 9.17) is 4.74 Å². The molecule has 0 aromatic carbocycles. The van der Waals surface area contributed by atoms with Crippen molar-refractivity contribution in [1.82, 2.24) is 0 Å². The topological polar surface area (TPSA) is 52.4 Å². The predicted molar refractivity (Wildman–Crippen MR) is 46.4 cm³/mol. The summed E-state index contributed by atoms with van der Waals surface area (Å²) in [5.41, 5.74) is 0.167. The molecule has 70 valence electrons. The van der Waals surface area contributed by atoms with Crippen LogP contribution in [0.2, 0.25) is 0 Å². The molecule has 0 N–H and O–H groups in total. The number of allylic oxidation sites excluding steroid dienone is 3. The van der Waals surface area contributed by atoms with Crippen molar-refractivity contribution in [2.75, 3.05) is 0 Å². The second-order valence-corrected chi connectivity index (χ2v) is 3.53. The highest BCUT2D eigenvalue weighted by Crippen LogP contribution is 2.36. The molecule has 0 aromatic heterocycles. The molecule has 0 saturated carbocycles. The van der Waals surface area contributed by atoms with E-state index < -0.39 is 0 Å². The quantitative estimate of drug-likeness (QED) is 0.458. The Kier molecular flexibility index (Phi) is 1.83. The molecule has 4 heteroatoms. The third-order valence-electron chi connectivity index (χ3n) is 2.47. The summed E-state index contributed by atoms with van der Waals surface area (Å²) in [5, 5.41) is 10.5. The molecule has 0 amide bonds. The molecule has 1 heterocycles. The van der Waals surface area contributed by atoms with Crippen LogP contribution in [0.1, 0.15) is 19.8 Å². The standard InChI is InChI=1S/C9H11NO3/c1-6-4-7-2-3-8(10(11)12)5-9(7)13-6/h3,5-7H,2,4H2,1H3. The Bertz CT molecular complexity index is 306. The van der Waals surface area contributed by atoms with Crippen molar-refractivity contribution in [1.29, 1.82) is 0 Å². The summed E-state index contributed by atoms with van der Waals surface area (Å²) >= 11 is 0. The first kappa shape index (κ1) is 8.29. The van der Waals surface area contributed by atoms with Crippen molar-refractivity contribution in [3.63, 3.8) is 0 Å². The summed E-state index contributed by atoms with van der Waals surface area (Å²) in [7, 11) is 0. The molecule has 0 bridgehead atoms. The number of nitrogens with zero attached hydrogens (tertiary/aromatic N) is 1. The van der Waals surface area contributed by atoms with Crippen LogP contribution in [0.5, 0.6) is 0 Å². The normalized spacial score (nSPS) is 31.5. The minimum absolute atomic E-state index is 0.167. The highest BCUT2D eigenvalue weighted by molar-refractivity contribution is 5.23. The largest absolute Gasteiger partial charge is 0.494 e. The van der Waals surface area contributed by atoms with Crippen molar-refractivity contribution < 1.29 is 9.66 Å². The van der Waals surface area contributed by atoms with Gasteiger partial charge in [-0.1, -0.05) is 0 Å². The summed E-state index contributed by atoms with van der Waals surface area (Å²) in [6, 6.07) is 0. The summed E-state index contributed by atoms with van der Waals surface area (Å²) in [5.74, 6) is 1.17. The molecule has 2 atom stereocenters. The monoisotopic (exact) mass is 181 g/mol. The average Bonchev–Trinajstić information content (AvgIpc) is 2.42. The van der Waals surface area contributed by atoms with Crippen LogP contribution in [0.25, 0.3) is 0 Å². The van der Waals surface area contributed by atoms with Crippen LogP contribution < -0.4 is 0 Å². The van der Waals surface area contributed by atoms with Gasteiger partial charge in [0.25, 0.3) is 5.70 Å². The van der Waals surface area contributed by atoms with E-state index in [1.807, 2.05) is 6.92 Å². The summed E-state index contributed by atoms with van der Waals surface area (Å²) in [4.78, 5) is 10.1. The Morgan fingerprint density at radius 2 is 2.46 bits per heavy atom. The van der Waals surface area contributed by atoms with Crippen molar-refractivity contribution in [2.24, 2.45) is 5.92 Å². The van der Waals surface area contributed by atoms with Gasteiger partial charge in [0.15, 0.2) is 0 Å². The third kappa shape index (κ3) is 1.43. The molecule has 0 radical (unpaired) electrons. The molecule has 2 aliphatic rings. The Labute approximate surface area is 76.0 Å². The summed E-state index contributed by atoms with van der Waals surface area (Å²) in [6.07, 6.45) is 5.16. The predicted octanol–water partition coefficient (Wildman–Crippen LogP) is 1.86. The first-order chi connectivity index (χ1) is 6.16. The van der Waals surface area contributed by atoms with E-state index in [9.17, 15) is 10.1 Å². The maximum absolute atomic E-state index is 10.5. The second-order valence-electron chi connectivity index (χ2n) is 3.53. The minimum atomic E-state index is -0.366. The maximum atomic E-state index is 10.5. The molecule has 1 aliphatic carbocycles. The van der Waals surface area contributed by atoms with Crippen molar-refractivity contribution in [3.05, 3.63) is 33.7 Å². The van der Waals surface area contributed by atoms with Crippen molar-refractivity contribution in [2.45, 2.75) is 25.9 Å². The van der Waals surface area contributed by atoms with Crippen molar-refractivity contribution in [3.8, 4) is 0 Å². The molecule has 1 saturated heterocycles.